The summed E-state index contributed by atoms with van der Waals surface area (Å²) in [5.41, 5.74) is 0.171. The van der Waals surface area contributed by atoms with E-state index in [1.807, 2.05) is 0 Å². The molecule has 2 N–H and O–H groups in total. The van der Waals surface area contributed by atoms with Crippen LogP contribution >= 0.6 is 35.0 Å². The topological polar surface area (TPSA) is 102 Å². The Morgan fingerprint density at radius 3 is 2.03 bits per heavy atom. The van der Waals surface area contributed by atoms with Crippen molar-refractivity contribution in [2.75, 3.05) is 19.5 Å². The van der Waals surface area contributed by atoms with Gasteiger partial charge in [-0.1, -0.05) is 59.2 Å². The van der Waals surface area contributed by atoms with E-state index in [1.54, 1.807) is 24.3 Å². The Bertz CT molecular complexity index is 1180. The highest BCUT2D eigenvalue weighted by molar-refractivity contribution is 8.02. The number of thioether (sulfide) groups is 1. The first-order valence-corrected chi connectivity index (χ1v) is 10.8. The van der Waals surface area contributed by atoms with E-state index in [-0.39, 0.29) is 28.1 Å². The maximum atomic E-state index is 13.0. The van der Waals surface area contributed by atoms with Crippen LogP contribution in [0.2, 0.25) is 0 Å². The fraction of sp³-hybridized carbons (Fsp3) is 0.136. The fourth-order valence-corrected chi connectivity index (χ4v) is 4.32. The molecule has 0 saturated carbocycles. The molecular formula is C22H17Cl2NO6S. The number of nitrogens with one attached hydrogen (secondary N) is 1. The smallest absolute Gasteiger partial charge is 0.337 e. The molecule has 0 unspecified atom stereocenters. The number of amides is 1. The van der Waals surface area contributed by atoms with E-state index in [9.17, 15) is 19.5 Å². The van der Waals surface area contributed by atoms with Crippen LogP contribution in [0.15, 0.2) is 53.4 Å². The van der Waals surface area contributed by atoms with Crippen molar-refractivity contribution in [3.63, 3.8) is 0 Å². The minimum atomic E-state index is -0.793. The molecule has 0 fully saturated rings. The van der Waals surface area contributed by atoms with Crippen LogP contribution in [-0.4, -0.2) is 41.3 Å². The van der Waals surface area contributed by atoms with E-state index in [1.165, 1.54) is 38.5 Å². The monoisotopic (exact) mass is 493 g/mol. The van der Waals surface area contributed by atoms with Gasteiger partial charge in [0.2, 0.25) is 0 Å². The summed E-state index contributed by atoms with van der Waals surface area (Å²) in [6.45, 7) is 0. The molecule has 3 aromatic carbocycles. The van der Waals surface area contributed by atoms with Crippen molar-refractivity contribution in [2.45, 2.75) is 9.06 Å². The highest BCUT2D eigenvalue weighted by atomic mass is 35.5. The predicted octanol–water partition coefficient (Wildman–Crippen LogP) is 5.22. The molecule has 7 nitrogen and oxygen atoms in total. The molecule has 0 aromatic heterocycles. The van der Waals surface area contributed by atoms with Crippen molar-refractivity contribution < 1.29 is 29.0 Å². The third-order valence-electron chi connectivity index (χ3n) is 4.47. The summed E-state index contributed by atoms with van der Waals surface area (Å²) in [5.74, 6) is -2.31. The Balaban J connectivity index is 2.06. The van der Waals surface area contributed by atoms with Crippen LogP contribution in [0.1, 0.15) is 31.1 Å². The first kappa shape index (κ1) is 23.7. The molecular weight excluding hydrogens is 477 g/mol. The summed E-state index contributed by atoms with van der Waals surface area (Å²) >= 11 is 12.9. The van der Waals surface area contributed by atoms with Gasteiger partial charge in [0.05, 0.1) is 30.9 Å². The zero-order valence-corrected chi connectivity index (χ0v) is 19.2. The van der Waals surface area contributed by atoms with Gasteiger partial charge >= 0.3 is 11.9 Å². The van der Waals surface area contributed by atoms with Gasteiger partial charge in [-0.25, -0.2) is 9.59 Å². The van der Waals surface area contributed by atoms with Crippen LogP contribution in [0.4, 0.5) is 5.69 Å². The quantitative estimate of drug-likeness (QED) is 0.275. The number of rotatable bonds is 6. The number of alkyl halides is 2. The molecule has 0 radical (unpaired) electrons. The van der Waals surface area contributed by atoms with Crippen molar-refractivity contribution in [1.82, 2.24) is 0 Å². The molecule has 3 aromatic rings. The lowest BCUT2D eigenvalue weighted by atomic mass is 10.0. The van der Waals surface area contributed by atoms with Gasteiger partial charge in [0.25, 0.3) is 5.91 Å². The summed E-state index contributed by atoms with van der Waals surface area (Å²) in [7, 11) is 2.39. The fourth-order valence-electron chi connectivity index (χ4n) is 3.06. The maximum absolute atomic E-state index is 13.0. The average molecular weight is 494 g/mol. The Hall–Kier alpha value is -2.94. The van der Waals surface area contributed by atoms with Gasteiger partial charge in [-0.3, -0.25) is 4.79 Å². The third-order valence-corrected chi connectivity index (χ3v) is 5.78. The van der Waals surface area contributed by atoms with Crippen molar-refractivity contribution in [1.29, 1.82) is 0 Å². The van der Waals surface area contributed by atoms with Crippen LogP contribution in [0, 0.1) is 0 Å². The molecule has 0 saturated heterocycles. The number of anilines is 1. The van der Waals surface area contributed by atoms with Crippen LogP contribution in [0.25, 0.3) is 10.8 Å². The number of carbonyl (C=O) groups is 3. The Morgan fingerprint density at radius 1 is 0.938 bits per heavy atom. The molecule has 1 amide bonds. The Kier molecular flexibility index (Phi) is 7.50. The molecule has 0 atom stereocenters. The summed E-state index contributed by atoms with van der Waals surface area (Å²) in [4.78, 5) is 37.6. The van der Waals surface area contributed by atoms with E-state index in [0.717, 1.165) is 11.8 Å². The van der Waals surface area contributed by atoms with Gasteiger partial charge < -0.3 is 19.9 Å². The molecule has 3 rings (SSSR count). The van der Waals surface area contributed by atoms with Crippen molar-refractivity contribution in [3.8, 4) is 5.75 Å². The molecule has 0 aliphatic heterocycles. The van der Waals surface area contributed by atoms with Crippen LogP contribution < -0.4 is 5.32 Å². The number of ether oxygens (including phenoxy) is 2. The number of phenolic OH excluding ortho intramolecular Hbond substituents is 1. The zero-order chi connectivity index (χ0) is 23.4. The number of fused-ring (bicyclic) bond motifs is 1. The summed E-state index contributed by atoms with van der Waals surface area (Å²) in [5, 5.41) is 14.4. The second kappa shape index (κ2) is 10.1. The molecule has 0 heterocycles. The number of hydrogen-bond donors (Lipinski definition) is 2. The molecule has 0 aliphatic carbocycles. The predicted molar refractivity (Wildman–Crippen MR) is 124 cm³/mol. The molecule has 0 spiro atoms. The summed E-state index contributed by atoms with van der Waals surface area (Å²) < 4.78 is 8.60. The van der Waals surface area contributed by atoms with Crippen molar-refractivity contribution in [3.05, 3.63) is 65.2 Å². The molecule has 10 heteroatoms. The lowest BCUT2D eigenvalue weighted by Gasteiger charge is -2.14. The van der Waals surface area contributed by atoms with Crippen molar-refractivity contribution in [2.24, 2.45) is 0 Å². The van der Waals surface area contributed by atoms with E-state index in [4.69, 9.17) is 32.7 Å². The summed E-state index contributed by atoms with van der Waals surface area (Å²) in [6.07, 6.45) is 0. The van der Waals surface area contributed by atoms with E-state index in [2.05, 4.69) is 5.32 Å². The second-order valence-electron chi connectivity index (χ2n) is 6.43. The van der Waals surface area contributed by atoms with Gasteiger partial charge in [-0.2, -0.15) is 0 Å². The standard InChI is InChI=1S/C22H17Cl2NO6S/c1-30-20(28)11-7-12(21(29)31-2)9-13(8-11)25-19(27)16-10-17(32-22(23)24)14-5-3-4-6-15(14)18(16)26/h3-10,22,26H,1-2H3,(H,25,27). The van der Waals surface area contributed by atoms with E-state index < -0.39 is 22.0 Å². The second-order valence-corrected chi connectivity index (χ2v) is 9.19. The number of methoxy groups -OCH3 is 2. The number of phenols is 1. The van der Waals surface area contributed by atoms with E-state index in [0.29, 0.717) is 15.7 Å². The number of halogens is 2. The minimum Gasteiger partial charge on any atom is -0.506 e. The van der Waals surface area contributed by atoms with Crippen molar-refractivity contribution >= 4 is 69.3 Å². The van der Waals surface area contributed by atoms with Gasteiger partial charge in [0, 0.05) is 16.0 Å². The van der Waals surface area contributed by atoms with Gasteiger partial charge in [-0.15, -0.1) is 0 Å². The molecule has 0 bridgehead atoms. The van der Waals surface area contributed by atoms with Crippen LogP contribution in [0.3, 0.4) is 0 Å². The van der Waals surface area contributed by atoms with Gasteiger partial charge in [0.1, 0.15) is 5.75 Å². The molecule has 32 heavy (non-hydrogen) atoms. The number of hydrogen-bond acceptors (Lipinski definition) is 7. The van der Waals surface area contributed by atoms with Crippen LogP contribution in [-0.2, 0) is 9.47 Å². The largest absolute Gasteiger partial charge is 0.506 e. The third kappa shape index (κ3) is 5.09. The number of carbonyl (C=O) groups excluding carboxylic acids is 3. The Morgan fingerprint density at radius 2 is 1.50 bits per heavy atom. The Labute approximate surface area is 197 Å². The minimum absolute atomic E-state index is 0.0386. The highest BCUT2D eigenvalue weighted by Crippen LogP contribution is 2.40. The van der Waals surface area contributed by atoms with Gasteiger partial charge in [0.15, 0.2) is 4.17 Å². The molecule has 166 valence electrons. The maximum Gasteiger partial charge on any atom is 0.337 e. The normalized spacial score (nSPS) is 10.8. The number of esters is 2. The summed E-state index contributed by atoms with van der Waals surface area (Å²) in [6, 6.07) is 12.4. The lowest BCUT2D eigenvalue weighted by Crippen LogP contribution is -2.15. The van der Waals surface area contributed by atoms with E-state index >= 15 is 0 Å². The first-order chi connectivity index (χ1) is 15.2. The zero-order valence-electron chi connectivity index (χ0n) is 16.8. The average Bonchev–Trinajstić information content (AvgIpc) is 2.79. The van der Waals surface area contributed by atoms with Gasteiger partial charge in [-0.05, 0) is 29.7 Å². The first-order valence-electron chi connectivity index (χ1n) is 9.07. The highest BCUT2D eigenvalue weighted by Gasteiger charge is 2.20. The number of aromatic hydroxyl groups is 1. The number of benzene rings is 3. The lowest BCUT2D eigenvalue weighted by molar-refractivity contribution is 0.0598. The van der Waals surface area contributed by atoms with Crippen LogP contribution in [0.5, 0.6) is 5.75 Å². The molecule has 0 aliphatic rings. The SMILES string of the molecule is COC(=O)c1cc(NC(=O)c2cc(SC(Cl)Cl)c3ccccc3c2O)cc(C(=O)OC)c1.